The second-order valence-corrected chi connectivity index (χ2v) is 6.33. The molecule has 0 aliphatic heterocycles. The van der Waals surface area contributed by atoms with Gasteiger partial charge in [-0.15, -0.1) is 0 Å². The predicted molar refractivity (Wildman–Crippen MR) is 83.4 cm³/mol. The molecule has 0 aliphatic carbocycles. The molecule has 0 bridgehead atoms. The zero-order valence-electron chi connectivity index (χ0n) is 12.2. The van der Waals surface area contributed by atoms with E-state index >= 15 is 0 Å². The van der Waals surface area contributed by atoms with E-state index in [2.05, 4.69) is 0 Å². The maximum absolute atomic E-state index is 11.1. The van der Waals surface area contributed by atoms with Gasteiger partial charge in [-0.2, -0.15) is 8.42 Å². The third-order valence-corrected chi connectivity index (χ3v) is 4.27. The van der Waals surface area contributed by atoms with Crippen LogP contribution in [0.15, 0.2) is 47.4 Å². The molecule has 0 amide bonds. The van der Waals surface area contributed by atoms with Crippen molar-refractivity contribution in [2.45, 2.75) is 17.7 Å². The van der Waals surface area contributed by atoms with E-state index in [1.807, 2.05) is 0 Å². The van der Waals surface area contributed by atoms with Crippen molar-refractivity contribution in [2.75, 3.05) is 0 Å². The lowest BCUT2D eigenvalue weighted by molar-refractivity contribution is -0.395. The summed E-state index contributed by atoms with van der Waals surface area (Å²) in [5, 5.41) is 22.1. The molecule has 0 atom stereocenters. The van der Waals surface area contributed by atoms with Crippen LogP contribution >= 0.6 is 0 Å². The number of hydrogen-bond donors (Lipinski definition) is 1. The van der Waals surface area contributed by atoms with Gasteiger partial charge in [-0.25, -0.2) is 0 Å². The molecule has 0 spiro atoms. The first kappa shape index (κ1) is 17.5. The topological polar surface area (TPSA) is 141 Å². The van der Waals surface area contributed by atoms with Crippen molar-refractivity contribution in [2.24, 2.45) is 0 Å². The fourth-order valence-electron chi connectivity index (χ4n) is 2.26. The molecule has 24 heavy (non-hydrogen) atoms. The lowest BCUT2D eigenvalue weighted by atomic mass is 10.0. The van der Waals surface area contributed by atoms with Crippen molar-refractivity contribution in [3.8, 4) is 0 Å². The molecule has 0 aromatic heterocycles. The number of nitro groups is 2. The summed E-state index contributed by atoms with van der Waals surface area (Å²) < 4.78 is 30.8. The first-order valence-corrected chi connectivity index (χ1v) is 8.11. The molecule has 0 unspecified atom stereocenters. The third kappa shape index (κ3) is 3.91. The van der Waals surface area contributed by atoms with E-state index in [1.165, 1.54) is 42.5 Å². The third-order valence-electron chi connectivity index (χ3n) is 3.40. The van der Waals surface area contributed by atoms with Crippen LogP contribution in [0.4, 0.5) is 11.4 Å². The van der Waals surface area contributed by atoms with Gasteiger partial charge >= 0.3 is 0 Å². The van der Waals surface area contributed by atoms with Crippen molar-refractivity contribution in [3.63, 3.8) is 0 Å². The van der Waals surface area contributed by atoms with Crippen molar-refractivity contribution in [1.29, 1.82) is 0 Å². The monoisotopic (exact) mass is 352 g/mol. The number of nitrogens with zero attached hydrogens (tertiary/aromatic N) is 2. The second-order valence-electron chi connectivity index (χ2n) is 4.91. The van der Waals surface area contributed by atoms with Crippen molar-refractivity contribution >= 4 is 21.5 Å². The van der Waals surface area contributed by atoms with Gasteiger partial charge in [-0.05, 0) is 36.6 Å². The van der Waals surface area contributed by atoms with Gasteiger partial charge in [0.25, 0.3) is 21.5 Å². The van der Waals surface area contributed by atoms with Gasteiger partial charge in [-0.1, -0.05) is 12.1 Å². The van der Waals surface area contributed by atoms with Crippen molar-refractivity contribution in [3.05, 3.63) is 73.8 Å². The predicted octanol–water partition coefficient (Wildman–Crippen LogP) is 2.53. The summed E-state index contributed by atoms with van der Waals surface area (Å²) in [6.45, 7) is 0. The molecular formula is C14H12N2O7S. The molecule has 0 saturated heterocycles. The van der Waals surface area contributed by atoms with Crippen LogP contribution in [0.3, 0.4) is 0 Å². The summed E-state index contributed by atoms with van der Waals surface area (Å²) in [5.74, 6) is 0. The van der Waals surface area contributed by atoms with Crippen LogP contribution in [0.2, 0.25) is 0 Å². The van der Waals surface area contributed by atoms with E-state index in [0.29, 0.717) is 5.56 Å². The van der Waals surface area contributed by atoms with Crippen LogP contribution in [-0.2, 0) is 23.0 Å². The molecule has 0 heterocycles. The van der Waals surface area contributed by atoms with Gasteiger partial charge in [0.15, 0.2) is 0 Å². The van der Waals surface area contributed by atoms with Crippen molar-refractivity contribution in [1.82, 2.24) is 0 Å². The van der Waals surface area contributed by atoms with Crippen LogP contribution in [0.25, 0.3) is 0 Å². The SMILES string of the molecule is O=[N+]([O-])c1cccc([N+](=O)[O-])c1CCc1ccc(S(=O)(=O)O)cc1. The zero-order chi connectivity index (χ0) is 17.9. The van der Waals surface area contributed by atoms with Gasteiger partial charge in [0.05, 0.1) is 14.7 Å². The Balaban J connectivity index is 2.29. The maximum atomic E-state index is 11.1. The number of nitro benzene ring substituents is 2. The molecule has 0 saturated carbocycles. The standard InChI is InChI=1S/C14H12N2O7S/c17-15(18)13-2-1-3-14(16(19)20)12(13)9-6-10-4-7-11(8-5-10)24(21,22)23/h1-5,7-8H,6,9H2,(H,21,22,23). The lowest BCUT2D eigenvalue weighted by Crippen LogP contribution is -2.03. The van der Waals surface area contributed by atoms with Gasteiger partial charge in [0.2, 0.25) is 0 Å². The summed E-state index contributed by atoms with van der Waals surface area (Å²) in [6.07, 6.45) is 0.274. The van der Waals surface area contributed by atoms with Crippen LogP contribution in [0.5, 0.6) is 0 Å². The number of aryl methyl sites for hydroxylation is 1. The zero-order valence-corrected chi connectivity index (χ0v) is 13.0. The minimum absolute atomic E-state index is 0.00589. The Bertz CT molecular complexity index is 860. The molecule has 9 nitrogen and oxygen atoms in total. The van der Waals surface area contributed by atoms with Crippen LogP contribution in [0.1, 0.15) is 11.1 Å². The highest BCUT2D eigenvalue weighted by molar-refractivity contribution is 7.85. The summed E-state index contributed by atoms with van der Waals surface area (Å²) in [4.78, 5) is 20.5. The van der Waals surface area contributed by atoms with Gasteiger partial charge < -0.3 is 0 Å². The molecule has 1 N–H and O–H groups in total. The second kappa shape index (κ2) is 6.72. The van der Waals surface area contributed by atoms with E-state index in [0.717, 1.165) is 0 Å². The van der Waals surface area contributed by atoms with E-state index in [9.17, 15) is 28.6 Å². The van der Waals surface area contributed by atoms with E-state index in [1.54, 1.807) is 0 Å². The highest BCUT2D eigenvalue weighted by atomic mass is 32.2. The summed E-state index contributed by atoms with van der Waals surface area (Å²) >= 11 is 0. The van der Waals surface area contributed by atoms with E-state index in [4.69, 9.17) is 4.55 Å². The first-order valence-electron chi connectivity index (χ1n) is 6.67. The fourth-order valence-corrected chi connectivity index (χ4v) is 2.74. The molecule has 2 aromatic rings. The number of hydrogen-bond acceptors (Lipinski definition) is 6. The van der Waals surface area contributed by atoms with Crippen LogP contribution in [0, 0.1) is 20.2 Å². The van der Waals surface area contributed by atoms with Gasteiger partial charge in [0.1, 0.15) is 5.56 Å². The maximum Gasteiger partial charge on any atom is 0.294 e. The Labute approximate surface area is 136 Å². The van der Waals surface area contributed by atoms with E-state index < -0.39 is 20.0 Å². The smallest absolute Gasteiger partial charge is 0.282 e. The quantitative estimate of drug-likeness (QED) is 0.478. The molecule has 126 valence electrons. The summed E-state index contributed by atoms with van der Waals surface area (Å²) in [5.41, 5.74) is -0.0429. The Kier molecular flexibility index (Phi) is 4.90. The average molecular weight is 352 g/mol. The molecule has 0 aliphatic rings. The molecule has 0 radical (unpaired) electrons. The Hall–Kier alpha value is -2.85. The average Bonchev–Trinajstić information content (AvgIpc) is 2.51. The molecule has 0 fully saturated rings. The minimum atomic E-state index is -4.30. The van der Waals surface area contributed by atoms with Gasteiger partial charge in [0, 0.05) is 12.1 Å². The van der Waals surface area contributed by atoms with Crippen molar-refractivity contribution < 1.29 is 22.8 Å². The first-order chi connectivity index (χ1) is 11.2. The van der Waals surface area contributed by atoms with Crippen LogP contribution in [-0.4, -0.2) is 22.8 Å². The highest BCUT2D eigenvalue weighted by Gasteiger charge is 2.24. The fraction of sp³-hybridized carbons (Fsp3) is 0.143. The summed E-state index contributed by atoms with van der Waals surface area (Å²) in [6, 6.07) is 8.90. The Morgan fingerprint density at radius 2 is 1.38 bits per heavy atom. The largest absolute Gasteiger partial charge is 0.294 e. The van der Waals surface area contributed by atoms with Crippen LogP contribution < -0.4 is 0 Å². The molecule has 2 aromatic carbocycles. The number of benzene rings is 2. The highest BCUT2D eigenvalue weighted by Crippen LogP contribution is 2.29. The lowest BCUT2D eigenvalue weighted by Gasteiger charge is -2.05. The number of rotatable bonds is 6. The Morgan fingerprint density at radius 3 is 1.79 bits per heavy atom. The van der Waals surface area contributed by atoms with Gasteiger partial charge in [-0.3, -0.25) is 24.8 Å². The summed E-state index contributed by atoms with van der Waals surface area (Å²) in [7, 11) is -4.30. The van der Waals surface area contributed by atoms with E-state index in [-0.39, 0.29) is 34.7 Å². The molecule has 10 heteroatoms. The Morgan fingerprint density at radius 1 is 0.875 bits per heavy atom. The molecule has 2 rings (SSSR count). The normalized spacial score (nSPS) is 11.2. The molecular weight excluding hydrogens is 340 g/mol. The minimum Gasteiger partial charge on any atom is -0.282 e.